The molecule has 0 bridgehead atoms. The third-order valence-electron chi connectivity index (χ3n) is 2.29. The lowest BCUT2D eigenvalue weighted by Crippen LogP contribution is -1.98. The second kappa shape index (κ2) is 5.01. The summed E-state index contributed by atoms with van der Waals surface area (Å²) in [6, 6.07) is 7.72. The van der Waals surface area contributed by atoms with Crippen molar-refractivity contribution in [2.75, 3.05) is 5.73 Å². The van der Waals surface area contributed by atoms with Crippen molar-refractivity contribution in [1.82, 2.24) is 9.97 Å². The minimum atomic E-state index is 0.137. The van der Waals surface area contributed by atoms with E-state index in [1.54, 1.807) is 0 Å². The molecule has 1 aromatic carbocycles. The normalized spacial score (nSPS) is 10.2. The predicted octanol–water partition coefficient (Wildman–Crippen LogP) is 3.07. The maximum atomic E-state index is 5.94. The van der Waals surface area contributed by atoms with Crippen molar-refractivity contribution in [3.05, 3.63) is 41.0 Å². The van der Waals surface area contributed by atoms with E-state index >= 15 is 0 Å². The fourth-order valence-electron chi connectivity index (χ4n) is 1.44. The van der Waals surface area contributed by atoms with Crippen LogP contribution in [0.5, 0.6) is 11.6 Å². The molecular formula is C12H12ClN3O. The molecule has 88 valence electrons. The summed E-state index contributed by atoms with van der Waals surface area (Å²) in [7, 11) is 0. The number of hydrogen-bond acceptors (Lipinski definition) is 4. The number of nitrogens with two attached hydrogens (primary N) is 1. The number of para-hydroxylation sites is 1. The zero-order chi connectivity index (χ0) is 12.3. The van der Waals surface area contributed by atoms with E-state index in [9.17, 15) is 0 Å². The van der Waals surface area contributed by atoms with Crippen molar-refractivity contribution in [2.24, 2.45) is 0 Å². The lowest BCUT2D eigenvalue weighted by atomic mass is 10.1. The van der Waals surface area contributed by atoms with Crippen LogP contribution in [0.25, 0.3) is 0 Å². The molecule has 0 unspecified atom stereocenters. The zero-order valence-electron chi connectivity index (χ0n) is 9.35. The average molecular weight is 250 g/mol. The molecule has 17 heavy (non-hydrogen) atoms. The van der Waals surface area contributed by atoms with Crippen molar-refractivity contribution >= 4 is 17.5 Å². The minimum Gasteiger partial charge on any atom is -0.437 e. The van der Waals surface area contributed by atoms with Gasteiger partial charge in [0.1, 0.15) is 10.8 Å². The number of hydrogen-bond donors (Lipinski definition) is 1. The highest BCUT2D eigenvalue weighted by atomic mass is 35.5. The van der Waals surface area contributed by atoms with Crippen LogP contribution in [0.3, 0.4) is 0 Å². The van der Waals surface area contributed by atoms with Crippen LogP contribution in [0.1, 0.15) is 12.5 Å². The smallest absolute Gasteiger partial charge is 0.243 e. The van der Waals surface area contributed by atoms with Gasteiger partial charge in [-0.15, -0.1) is 0 Å². The first kappa shape index (κ1) is 11.7. The first-order valence-corrected chi connectivity index (χ1v) is 5.62. The highest BCUT2D eigenvalue weighted by Crippen LogP contribution is 2.29. The monoisotopic (exact) mass is 249 g/mol. The van der Waals surface area contributed by atoms with E-state index < -0.39 is 0 Å². The van der Waals surface area contributed by atoms with Gasteiger partial charge in [0.15, 0.2) is 0 Å². The number of anilines is 1. The maximum absolute atomic E-state index is 5.94. The van der Waals surface area contributed by atoms with Crippen LogP contribution in [0.2, 0.25) is 5.02 Å². The van der Waals surface area contributed by atoms with Gasteiger partial charge in [0.05, 0.1) is 6.20 Å². The molecule has 0 aliphatic rings. The third kappa shape index (κ3) is 2.65. The Kier molecular flexibility index (Phi) is 3.44. The Labute approximate surface area is 104 Å². The van der Waals surface area contributed by atoms with Crippen LogP contribution in [0, 0.1) is 0 Å². The van der Waals surface area contributed by atoms with Gasteiger partial charge in [0.25, 0.3) is 0 Å². The van der Waals surface area contributed by atoms with Gasteiger partial charge in [0, 0.05) is 0 Å². The molecule has 0 saturated carbocycles. The third-order valence-corrected chi connectivity index (χ3v) is 2.55. The number of aryl methyl sites for hydroxylation is 1. The molecule has 0 aliphatic carbocycles. The first-order chi connectivity index (χ1) is 8.20. The topological polar surface area (TPSA) is 61.0 Å². The highest BCUT2D eigenvalue weighted by molar-refractivity contribution is 6.31. The van der Waals surface area contributed by atoms with Crippen molar-refractivity contribution in [3.63, 3.8) is 0 Å². The highest BCUT2D eigenvalue weighted by Gasteiger charge is 2.08. The second-order valence-corrected chi connectivity index (χ2v) is 3.85. The molecule has 4 nitrogen and oxygen atoms in total. The van der Waals surface area contributed by atoms with Gasteiger partial charge in [-0.25, -0.2) is 4.98 Å². The van der Waals surface area contributed by atoms with Gasteiger partial charge in [-0.3, -0.25) is 0 Å². The van der Waals surface area contributed by atoms with E-state index in [1.165, 1.54) is 6.20 Å². The van der Waals surface area contributed by atoms with Gasteiger partial charge in [-0.1, -0.05) is 36.7 Å². The molecule has 0 saturated heterocycles. The molecule has 2 rings (SSSR count). The van der Waals surface area contributed by atoms with Crippen LogP contribution in [0.15, 0.2) is 30.5 Å². The molecule has 0 atom stereocenters. The van der Waals surface area contributed by atoms with Crippen molar-refractivity contribution in [2.45, 2.75) is 13.3 Å². The molecule has 2 N–H and O–H groups in total. The van der Waals surface area contributed by atoms with E-state index in [2.05, 4.69) is 16.9 Å². The number of nitrogen functional groups attached to an aromatic ring is 1. The van der Waals surface area contributed by atoms with Crippen molar-refractivity contribution in [3.8, 4) is 11.6 Å². The number of ether oxygens (including phenoxy) is 1. The fraction of sp³-hybridized carbons (Fsp3) is 0.167. The van der Waals surface area contributed by atoms with Crippen molar-refractivity contribution < 1.29 is 4.74 Å². The number of rotatable bonds is 3. The molecule has 1 heterocycles. The Bertz CT molecular complexity index is 531. The molecule has 2 aromatic rings. The largest absolute Gasteiger partial charge is 0.437 e. The fourth-order valence-corrected chi connectivity index (χ4v) is 1.57. The SMILES string of the molecule is CCc1ccccc1Oc1nc(N)ncc1Cl. The predicted molar refractivity (Wildman–Crippen MR) is 67.3 cm³/mol. The van der Waals surface area contributed by atoms with E-state index in [-0.39, 0.29) is 11.8 Å². The lowest BCUT2D eigenvalue weighted by molar-refractivity contribution is 0.457. The maximum Gasteiger partial charge on any atom is 0.243 e. The van der Waals surface area contributed by atoms with E-state index in [1.807, 2.05) is 24.3 Å². The van der Waals surface area contributed by atoms with Crippen molar-refractivity contribution in [1.29, 1.82) is 0 Å². The summed E-state index contributed by atoms with van der Waals surface area (Å²) in [6.07, 6.45) is 2.29. The van der Waals surface area contributed by atoms with E-state index in [0.717, 1.165) is 17.7 Å². The Morgan fingerprint density at radius 3 is 2.88 bits per heavy atom. The van der Waals surface area contributed by atoms with Crippen LogP contribution in [-0.4, -0.2) is 9.97 Å². The summed E-state index contributed by atoms with van der Waals surface area (Å²) in [6.45, 7) is 2.05. The molecule has 0 amide bonds. The summed E-state index contributed by atoms with van der Waals surface area (Å²) in [4.78, 5) is 7.73. The molecular weight excluding hydrogens is 238 g/mol. The van der Waals surface area contributed by atoms with Gasteiger partial charge in [0.2, 0.25) is 11.8 Å². The standard InChI is InChI=1S/C12H12ClN3O/c1-2-8-5-3-4-6-10(8)17-11-9(13)7-15-12(14)16-11/h3-7H,2H2,1H3,(H2,14,15,16). The molecule has 1 aromatic heterocycles. The summed E-state index contributed by atoms with van der Waals surface area (Å²) in [5, 5.41) is 0.338. The number of nitrogens with zero attached hydrogens (tertiary/aromatic N) is 2. The second-order valence-electron chi connectivity index (χ2n) is 3.44. The molecule has 5 heteroatoms. The molecule has 0 spiro atoms. The molecule has 0 fully saturated rings. The Morgan fingerprint density at radius 1 is 1.35 bits per heavy atom. The molecule has 0 radical (unpaired) electrons. The van der Waals surface area contributed by atoms with Crippen LogP contribution >= 0.6 is 11.6 Å². The minimum absolute atomic E-state index is 0.137. The average Bonchev–Trinajstić information content (AvgIpc) is 2.34. The summed E-state index contributed by atoms with van der Waals surface area (Å²) in [5.41, 5.74) is 6.57. The van der Waals surface area contributed by atoms with Crippen LogP contribution in [-0.2, 0) is 6.42 Å². The quantitative estimate of drug-likeness (QED) is 0.908. The van der Waals surface area contributed by atoms with E-state index in [0.29, 0.717) is 5.02 Å². The van der Waals surface area contributed by atoms with E-state index in [4.69, 9.17) is 22.1 Å². The Morgan fingerprint density at radius 2 is 2.12 bits per heavy atom. The first-order valence-electron chi connectivity index (χ1n) is 5.24. The number of benzene rings is 1. The number of aromatic nitrogens is 2. The number of halogens is 1. The Balaban J connectivity index is 2.34. The van der Waals surface area contributed by atoms with Crippen LogP contribution < -0.4 is 10.5 Å². The van der Waals surface area contributed by atoms with Crippen LogP contribution in [0.4, 0.5) is 5.95 Å². The lowest BCUT2D eigenvalue weighted by Gasteiger charge is -2.09. The zero-order valence-corrected chi connectivity index (χ0v) is 10.1. The van der Waals surface area contributed by atoms with Gasteiger partial charge >= 0.3 is 0 Å². The summed E-state index contributed by atoms with van der Waals surface area (Å²) < 4.78 is 5.65. The van der Waals surface area contributed by atoms with Gasteiger partial charge in [-0.2, -0.15) is 4.98 Å². The Hall–Kier alpha value is -1.81. The summed E-state index contributed by atoms with van der Waals surface area (Å²) >= 11 is 5.94. The van der Waals surface area contributed by atoms with Gasteiger partial charge in [-0.05, 0) is 18.1 Å². The van der Waals surface area contributed by atoms with Gasteiger partial charge < -0.3 is 10.5 Å². The summed E-state index contributed by atoms with van der Waals surface area (Å²) in [5.74, 6) is 1.15. The molecule has 0 aliphatic heterocycles.